The summed E-state index contributed by atoms with van der Waals surface area (Å²) in [5, 5.41) is 0. The molecule has 6 heteroatoms. The molecule has 5 nitrogen and oxygen atoms in total. The Morgan fingerprint density at radius 2 is 2.22 bits per heavy atom. The van der Waals surface area contributed by atoms with E-state index in [2.05, 4.69) is 15.0 Å². The molecule has 18 heavy (non-hydrogen) atoms. The van der Waals surface area contributed by atoms with E-state index < -0.39 is 0 Å². The maximum absolute atomic E-state index is 5.34. The van der Waals surface area contributed by atoms with Crippen LogP contribution < -0.4 is 0 Å². The lowest BCUT2D eigenvalue weighted by atomic mass is 10.3. The highest BCUT2D eigenvalue weighted by atomic mass is 32.1. The molecule has 0 fully saturated rings. The molecule has 92 valence electrons. The first-order chi connectivity index (χ1) is 8.65. The topological polar surface area (TPSA) is 51.4 Å². The Balaban J connectivity index is 2.17. The highest BCUT2D eigenvalue weighted by molar-refractivity contribution is 7.71. The first-order valence-corrected chi connectivity index (χ1v) is 6.08. The van der Waals surface area contributed by atoms with E-state index in [9.17, 15) is 0 Å². The van der Waals surface area contributed by atoms with Crippen molar-refractivity contribution < 1.29 is 0 Å². The third-order valence-corrected chi connectivity index (χ3v) is 3.30. The summed E-state index contributed by atoms with van der Waals surface area (Å²) in [5.74, 6) is 0.954. The summed E-state index contributed by atoms with van der Waals surface area (Å²) in [7, 11) is 1.97. The first-order valence-electron chi connectivity index (χ1n) is 5.67. The molecule has 0 atom stereocenters. The van der Waals surface area contributed by atoms with Crippen molar-refractivity contribution in [1.29, 1.82) is 0 Å². The van der Waals surface area contributed by atoms with E-state index >= 15 is 0 Å². The molecule has 0 aliphatic rings. The van der Waals surface area contributed by atoms with Gasteiger partial charge in [-0.1, -0.05) is 0 Å². The van der Waals surface area contributed by atoms with E-state index in [4.69, 9.17) is 12.2 Å². The normalized spacial score (nSPS) is 11.2. The average Bonchev–Trinajstić information content (AvgIpc) is 2.86. The van der Waals surface area contributed by atoms with E-state index in [1.807, 2.05) is 41.4 Å². The molecule has 1 N–H and O–H groups in total. The molecule has 0 spiro atoms. The van der Waals surface area contributed by atoms with Crippen LogP contribution in [-0.2, 0) is 13.6 Å². The van der Waals surface area contributed by atoms with E-state index in [1.54, 1.807) is 6.20 Å². The Bertz CT molecular complexity index is 764. The van der Waals surface area contributed by atoms with Gasteiger partial charge in [0.15, 0.2) is 10.4 Å². The fourth-order valence-corrected chi connectivity index (χ4v) is 2.22. The van der Waals surface area contributed by atoms with E-state index in [-0.39, 0.29) is 0 Å². The van der Waals surface area contributed by atoms with Crippen molar-refractivity contribution in [3.63, 3.8) is 0 Å². The summed E-state index contributed by atoms with van der Waals surface area (Å²) in [6.07, 6.45) is 3.71. The SMILES string of the molecule is Cc1ccc2[nH]c(=S)n(Cc3nccn3C)c2n1. The van der Waals surface area contributed by atoms with Gasteiger partial charge < -0.3 is 9.55 Å². The minimum absolute atomic E-state index is 0.624. The lowest BCUT2D eigenvalue weighted by Gasteiger charge is -2.04. The fraction of sp³-hybridized carbons (Fsp3) is 0.250. The van der Waals surface area contributed by atoms with Gasteiger partial charge in [-0.25, -0.2) is 9.97 Å². The summed E-state index contributed by atoms with van der Waals surface area (Å²) in [6, 6.07) is 3.97. The Morgan fingerprint density at radius 1 is 1.39 bits per heavy atom. The zero-order valence-corrected chi connectivity index (χ0v) is 11.0. The van der Waals surface area contributed by atoms with E-state index in [0.29, 0.717) is 11.3 Å². The van der Waals surface area contributed by atoms with Crippen LogP contribution in [-0.4, -0.2) is 24.1 Å². The third-order valence-electron chi connectivity index (χ3n) is 2.98. The van der Waals surface area contributed by atoms with Crippen molar-refractivity contribution in [2.24, 2.45) is 7.05 Å². The molecule has 3 rings (SSSR count). The summed E-state index contributed by atoms with van der Waals surface area (Å²) >= 11 is 5.34. The Morgan fingerprint density at radius 3 is 2.94 bits per heavy atom. The highest BCUT2D eigenvalue weighted by Crippen LogP contribution is 2.13. The number of hydrogen-bond acceptors (Lipinski definition) is 3. The van der Waals surface area contributed by atoms with Gasteiger partial charge in [0.25, 0.3) is 0 Å². The number of aromatic amines is 1. The number of rotatable bonds is 2. The van der Waals surface area contributed by atoms with Crippen molar-refractivity contribution in [2.45, 2.75) is 13.5 Å². The minimum Gasteiger partial charge on any atom is -0.337 e. The van der Waals surface area contributed by atoms with Gasteiger partial charge in [-0.3, -0.25) is 4.57 Å². The van der Waals surface area contributed by atoms with Crippen LogP contribution in [0, 0.1) is 11.7 Å². The molecule has 0 aliphatic heterocycles. The van der Waals surface area contributed by atoms with Crippen molar-refractivity contribution in [1.82, 2.24) is 24.1 Å². The molecule has 0 saturated carbocycles. The molecular formula is C12H13N5S. The number of imidazole rings is 2. The quantitative estimate of drug-likeness (QED) is 0.718. The summed E-state index contributed by atoms with van der Waals surface area (Å²) in [6.45, 7) is 2.60. The predicted molar refractivity (Wildman–Crippen MR) is 72.0 cm³/mol. The van der Waals surface area contributed by atoms with Crippen LogP contribution in [0.5, 0.6) is 0 Å². The molecule has 0 unspecified atom stereocenters. The largest absolute Gasteiger partial charge is 0.337 e. The van der Waals surface area contributed by atoms with E-state index in [1.165, 1.54) is 0 Å². The van der Waals surface area contributed by atoms with Gasteiger partial charge >= 0.3 is 0 Å². The van der Waals surface area contributed by atoms with Gasteiger partial charge in [-0.15, -0.1) is 0 Å². The average molecular weight is 259 g/mol. The summed E-state index contributed by atoms with van der Waals surface area (Å²) < 4.78 is 4.63. The molecule has 0 bridgehead atoms. The van der Waals surface area contributed by atoms with Crippen LogP contribution in [0.4, 0.5) is 0 Å². The zero-order chi connectivity index (χ0) is 12.7. The second-order valence-electron chi connectivity index (χ2n) is 4.29. The Hall–Kier alpha value is -1.95. The Labute approximate surface area is 109 Å². The van der Waals surface area contributed by atoms with Crippen LogP contribution in [0.1, 0.15) is 11.5 Å². The molecule has 0 aromatic carbocycles. The number of nitrogens with zero attached hydrogens (tertiary/aromatic N) is 4. The zero-order valence-electron chi connectivity index (χ0n) is 10.2. The number of fused-ring (bicyclic) bond motifs is 1. The lowest BCUT2D eigenvalue weighted by molar-refractivity contribution is 0.702. The summed E-state index contributed by atoms with van der Waals surface area (Å²) in [4.78, 5) is 12.0. The fourth-order valence-electron chi connectivity index (χ4n) is 1.96. The number of nitrogens with one attached hydrogen (secondary N) is 1. The van der Waals surface area contributed by atoms with E-state index in [0.717, 1.165) is 22.7 Å². The number of aryl methyl sites for hydroxylation is 2. The van der Waals surface area contributed by atoms with Gasteiger partial charge in [-0.05, 0) is 31.3 Å². The summed E-state index contributed by atoms with van der Waals surface area (Å²) in [5.41, 5.74) is 2.81. The van der Waals surface area contributed by atoms with Crippen LogP contribution in [0.2, 0.25) is 0 Å². The van der Waals surface area contributed by atoms with Crippen LogP contribution in [0.25, 0.3) is 11.2 Å². The number of H-pyrrole nitrogens is 1. The van der Waals surface area contributed by atoms with Crippen molar-refractivity contribution in [3.8, 4) is 0 Å². The van der Waals surface area contributed by atoms with Crippen molar-refractivity contribution >= 4 is 23.4 Å². The standard InChI is InChI=1S/C12H13N5S/c1-8-3-4-9-11(14-8)17(12(18)15-9)7-10-13-5-6-16(10)2/h3-6H,7H2,1-2H3,(H,15,18). The molecule has 3 aromatic heterocycles. The number of hydrogen-bond donors (Lipinski definition) is 1. The monoisotopic (exact) mass is 259 g/mol. The van der Waals surface area contributed by atoms with Crippen LogP contribution >= 0.6 is 12.2 Å². The first kappa shape index (κ1) is 11.2. The van der Waals surface area contributed by atoms with Gasteiger partial charge in [-0.2, -0.15) is 0 Å². The van der Waals surface area contributed by atoms with Crippen molar-refractivity contribution in [3.05, 3.63) is 40.8 Å². The maximum atomic E-state index is 5.34. The van der Waals surface area contributed by atoms with Gasteiger partial charge in [0, 0.05) is 25.1 Å². The molecule has 0 radical (unpaired) electrons. The highest BCUT2D eigenvalue weighted by Gasteiger charge is 2.08. The molecule has 3 heterocycles. The van der Waals surface area contributed by atoms with Crippen LogP contribution in [0.3, 0.4) is 0 Å². The molecule has 0 saturated heterocycles. The predicted octanol–water partition coefficient (Wildman–Crippen LogP) is 2.18. The second kappa shape index (κ2) is 4.06. The second-order valence-corrected chi connectivity index (χ2v) is 4.68. The van der Waals surface area contributed by atoms with Crippen LogP contribution in [0.15, 0.2) is 24.5 Å². The van der Waals surface area contributed by atoms with Crippen molar-refractivity contribution in [2.75, 3.05) is 0 Å². The molecular weight excluding hydrogens is 246 g/mol. The molecule has 3 aromatic rings. The van der Waals surface area contributed by atoms with Gasteiger partial charge in [0.1, 0.15) is 5.82 Å². The smallest absolute Gasteiger partial charge is 0.179 e. The lowest BCUT2D eigenvalue weighted by Crippen LogP contribution is -2.06. The minimum atomic E-state index is 0.624. The molecule has 0 amide bonds. The number of aromatic nitrogens is 5. The van der Waals surface area contributed by atoms with Gasteiger partial charge in [0.05, 0.1) is 12.1 Å². The number of pyridine rings is 1. The third kappa shape index (κ3) is 1.74. The maximum Gasteiger partial charge on any atom is 0.179 e. The Kier molecular flexibility index (Phi) is 2.52. The molecule has 0 aliphatic carbocycles. The van der Waals surface area contributed by atoms with Gasteiger partial charge in [0.2, 0.25) is 0 Å².